The number of carbonyl (C=O) groups is 4. The van der Waals surface area contributed by atoms with Crippen LogP contribution in [0.2, 0.25) is 0 Å². The Morgan fingerprint density at radius 2 is 0.619 bits per heavy atom. The summed E-state index contributed by atoms with van der Waals surface area (Å²) in [5, 5.41) is 23.8. The highest BCUT2D eigenvalue weighted by molar-refractivity contribution is 5.73. The maximum absolute atomic E-state index is 12.5. The molecule has 1 aliphatic rings. The van der Waals surface area contributed by atoms with Gasteiger partial charge in [-0.1, -0.05) is 83.1 Å². The van der Waals surface area contributed by atoms with Crippen LogP contribution in [0, 0.1) is 0 Å². The Morgan fingerprint density at radius 3 is 0.810 bits per heavy atom. The van der Waals surface area contributed by atoms with Crippen molar-refractivity contribution >= 4 is 23.9 Å². The Bertz CT molecular complexity index is 2120. The predicted octanol–water partition coefficient (Wildman–Crippen LogP) is 11.4. The normalized spacial score (nSPS) is 18.2. The molecular weight excluding hydrogens is 801 g/mol. The molecule has 2 N–H and O–H groups in total. The van der Waals surface area contributed by atoms with Gasteiger partial charge in [0.1, 0.15) is 34.5 Å². The molecule has 0 unspecified atom stereocenters. The van der Waals surface area contributed by atoms with Crippen molar-refractivity contribution < 1.29 is 53.1 Å². The van der Waals surface area contributed by atoms with E-state index in [4.69, 9.17) is 23.7 Å². The van der Waals surface area contributed by atoms with Crippen molar-refractivity contribution in [1.82, 2.24) is 0 Å². The van der Waals surface area contributed by atoms with Crippen LogP contribution in [0.25, 0.3) is 0 Å². The third kappa shape index (κ3) is 11.1. The maximum Gasteiger partial charge on any atom is 0.308 e. The van der Waals surface area contributed by atoms with Crippen LogP contribution in [-0.4, -0.2) is 34.1 Å². The summed E-state index contributed by atoms with van der Waals surface area (Å²) >= 11 is 0. The number of esters is 4. The first-order valence-corrected chi connectivity index (χ1v) is 21.3. The van der Waals surface area contributed by atoms with E-state index < -0.39 is 69.6 Å². The fourth-order valence-corrected chi connectivity index (χ4v) is 8.44. The van der Waals surface area contributed by atoms with Crippen molar-refractivity contribution in [3.05, 3.63) is 105 Å². The molecule has 0 spiro atoms. The molecule has 0 saturated carbocycles. The van der Waals surface area contributed by atoms with Crippen LogP contribution in [0.5, 0.6) is 34.5 Å². The zero-order valence-electron chi connectivity index (χ0n) is 39.7. The lowest BCUT2D eigenvalue weighted by Gasteiger charge is -2.31. The SMILES string of the molecule is CC(=O)Oc1cc(OC(C)=O)cc([C@@H]2[C@@H](c3cc(OC(C)=O)cc(OC(C)=O)c3)[C@H](c3cc(C(C)(C)C)c(O)c(C(C)(C)C)c3)O[C@H]2c2cc(C(C)(C)C)c(O)c(C(C)(C)C)c2)c1. The van der Waals surface area contributed by atoms with Gasteiger partial charge in [0, 0.05) is 51.7 Å². The van der Waals surface area contributed by atoms with Crippen LogP contribution in [-0.2, 0) is 45.6 Å². The van der Waals surface area contributed by atoms with Crippen molar-refractivity contribution in [2.24, 2.45) is 0 Å². The van der Waals surface area contributed by atoms with Crippen LogP contribution in [0.3, 0.4) is 0 Å². The summed E-state index contributed by atoms with van der Waals surface area (Å²) in [6.45, 7) is 29.4. The van der Waals surface area contributed by atoms with Crippen LogP contribution in [0.4, 0.5) is 0 Å². The van der Waals surface area contributed by atoms with Gasteiger partial charge in [-0.25, -0.2) is 0 Å². The van der Waals surface area contributed by atoms with Crippen molar-refractivity contribution in [1.29, 1.82) is 0 Å². The minimum absolute atomic E-state index is 0.123. The highest BCUT2D eigenvalue weighted by Gasteiger charge is 2.49. The zero-order valence-corrected chi connectivity index (χ0v) is 39.7. The van der Waals surface area contributed by atoms with Gasteiger partial charge < -0.3 is 33.9 Å². The summed E-state index contributed by atoms with van der Waals surface area (Å²) < 4.78 is 30.2. The molecule has 0 aliphatic carbocycles. The van der Waals surface area contributed by atoms with E-state index in [9.17, 15) is 29.4 Å². The lowest BCUT2D eigenvalue weighted by molar-refractivity contribution is -0.133. The number of carbonyl (C=O) groups excluding carboxylic acids is 4. The summed E-state index contributed by atoms with van der Waals surface area (Å²) in [5.74, 6) is -2.95. The van der Waals surface area contributed by atoms with Gasteiger partial charge >= 0.3 is 23.9 Å². The Kier molecular flexibility index (Phi) is 13.4. The Hall–Kier alpha value is -5.68. The van der Waals surface area contributed by atoms with Crippen LogP contribution in [0.1, 0.15) is 179 Å². The molecule has 1 heterocycles. The quantitative estimate of drug-likeness (QED) is 0.128. The molecule has 0 radical (unpaired) electrons. The van der Waals surface area contributed by atoms with Crippen molar-refractivity contribution in [3.8, 4) is 34.5 Å². The molecular formula is C52H64O11. The third-order valence-electron chi connectivity index (χ3n) is 11.1. The highest BCUT2D eigenvalue weighted by Crippen LogP contribution is 2.61. The second-order valence-corrected chi connectivity index (χ2v) is 20.8. The fourth-order valence-electron chi connectivity index (χ4n) is 8.44. The van der Waals surface area contributed by atoms with E-state index in [1.54, 1.807) is 24.3 Å². The number of phenolic OH excluding ortho intramolecular Hbond substituents is 2. The molecule has 4 aromatic rings. The number of benzene rings is 4. The molecule has 1 fully saturated rings. The van der Waals surface area contributed by atoms with Gasteiger partial charge in [-0.3, -0.25) is 19.2 Å². The summed E-state index contributed by atoms with van der Waals surface area (Å²) in [6.07, 6.45) is -1.64. The van der Waals surface area contributed by atoms with Gasteiger partial charge in [0.25, 0.3) is 0 Å². The molecule has 11 heteroatoms. The molecule has 11 nitrogen and oxygen atoms in total. The second-order valence-electron chi connectivity index (χ2n) is 20.8. The van der Waals surface area contributed by atoms with Crippen LogP contribution >= 0.6 is 0 Å². The Morgan fingerprint density at radius 1 is 0.397 bits per heavy atom. The molecule has 4 atom stereocenters. The Balaban J connectivity index is 2.03. The standard InChI is InChI=1S/C52H64O11/c1-27(53)59-35-17-31(18-36(25-35)60-28(2)54)43-44(32-19-37(61-29(3)55)26-38(20-32)62-30(4)56)48(34-23-41(51(11,12)13)46(58)42(24-34)52(14,15)16)63-47(43)33-21-39(49(5,6)7)45(57)40(22-33)50(8,9)10/h17-26,43-44,47-48,57-58H,1-16H3/t43-,44-,47+,48+/m1/s1. The number of phenols is 2. The van der Waals surface area contributed by atoms with E-state index in [2.05, 4.69) is 0 Å². The van der Waals surface area contributed by atoms with E-state index in [-0.39, 0.29) is 34.5 Å². The lowest BCUT2D eigenvalue weighted by Crippen LogP contribution is -2.20. The van der Waals surface area contributed by atoms with E-state index in [1.165, 1.54) is 39.8 Å². The molecule has 1 saturated heterocycles. The van der Waals surface area contributed by atoms with Crippen molar-refractivity contribution in [3.63, 3.8) is 0 Å². The first-order chi connectivity index (χ1) is 28.8. The predicted molar refractivity (Wildman–Crippen MR) is 241 cm³/mol. The first kappa shape index (κ1) is 48.4. The number of rotatable bonds is 8. The van der Waals surface area contributed by atoms with E-state index >= 15 is 0 Å². The molecule has 338 valence electrons. The molecule has 0 amide bonds. The average Bonchev–Trinajstić information content (AvgIpc) is 3.49. The number of hydrogen-bond donors (Lipinski definition) is 2. The fraction of sp³-hybridized carbons (Fsp3) is 0.462. The largest absolute Gasteiger partial charge is 0.507 e. The smallest absolute Gasteiger partial charge is 0.308 e. The lowest BCUT2D eigenvalue weighted by atomic mass is 9.72. The average molecular weight is 865 g/mol. The molecule has 4 aromatic carbocycles. The number of hydrogen-bond acceptors (Lipinski definition) is 11. The summed E-state index contributed by atoms with van der Waals surface area (Å²) in [7, 11) is 0. The van der Waals surface area contributed by atoms with Crippen molar-refractivity contribution in [2.75, 3.05) is 0 Å². The molecule has 0 bridgehead atoms. The molecule has 63 heavy (non-hydrogen) atoms. The third-order valence-corrected chi connectivity index (χ3v) is 11.1. The van der Waals surface area contributed by atoms with Gasteiger partial charge in [-0.05, 0) is 115 Å². The summed E-state index contributed by atoms with van der Waals surface area (Å²) in [6, 6.07) is 17.6. The Labute approximate surface area is 372 Å². The minimum atomic E-state index is -0.819. The molecule has 1 aliphatic heterocycles. The minimum Gasteiger partial charge on any atom is -0.507 e. The van der Waals surface area contributed by atoms with Gasteiger partial charge in [0.15, 0.2) is 0 Å². The summed E-state index contributed by atoms with van der Waals surface area (Å²) in [5.41, 5.74) is 3.33. The molecule has 0 aromatic heterocycles. The number of ether oxygens (including phenoxy) is 5. The van der Waals surface area contributed by atoms with E-state index in [0.29, 0.717) is 33.4 Å². The first-order valence-electron chi connectivity index (χ1n) is 21.3. The van der Waals surface area contributed by atoms with E-state index in [0.717, 1.165) is 11.1 Å². The van der Waals surface area contributed by atoms with Gasteiger partial charge in [-0.2, -0.15) is 0 Å². The second kappa shape index (κ2) is 17.5. The van der Waals surface area contributed by atoms with Crippen molar-refractivity contribution in [2.45, 2.75) is 156 Å². The summed E-state index contributed by atoms with van der Waals surface area (Å²) in [4.78, 5) is 50.0. The van der Waals surface area contributed by atoms with Gasteiger partial charge in [-0.15, -0.1) is 0 Å². The zero-order chi connectivity index (χ0) is 47.3. The topological polar surface area (TPSA) is 155 Å². The molecule has 5 rings (SSSR count). The van der Waals surface area contributed by atoms with Crippen LogP contribution < -0.4 is 18.9 Å². The number of aromatic hydroxyl groups is 2. The van der Waals surface area contributed by atoms with Gasteiger partial charge in [0.2, 0.25) is 0 Å². The maximum atomic E-state index is 12.5. The van der Waals surface area contributed by atoms with Crippen LogP contribution in [0.15, 0.2) is 60.7 Å². The van der Waals surface area contributed by atoms with Gasteiger partial charge in [0.05, 0.1) is 12.2 Å². The highest BCUT2D eigenvalue weighted by atomic mass is 16.6. The van der Waals surface area contributed by atoms with E-state index in [1.807, 2.05) is 107 Å². The monoisotopic (exact) mass is 864 g/mol.